The number of hydrogen-bond donors (Lipinski definition) is 1. The zero-order chi connectivity index (χ0) is 17.3. The molecular formula is C24H17NS. The minimum atomic E-state index is 1.18. The Labute approximate surface area is 157 Å². The molecule has 0 saturated carbocycles. The third-order valence-corrected chi connectivity index (χ3v) is 5.81. The van der Waals surface area contributed by atoms with E-state index in [2.05, 4.69) is 102 Å². The van der Waals surface area contributed by atoms with Crippen LogP contribution in [0.25, 0.3) is 22.3 Å². The lowest BCUT2D eigenvalue weighted by Crippen LogP contribution is -2.00. The molecule has 0 radical (unpaired) electrons. The monoisotopic (exact) mass is 351 g/mol. The Balaban J connectivity index is 1.52. The van der Waals surface area contributed by atoms with Gasteiger partial charge in [-0.05, 0) is 46.5 Å². The van der Waals surface area contributed by atoms with Crippen LogP contribution < -0.4 is 5.32 Å². The molecule has 1 N–H and O–H groups in total. The van der Waals surface area contributed by atoms with Crippen LogP contribution in [0.4, 0.5) is 11.4 Å². The van der Waals surface area contributed by atoms with Crippen LogP contribution in [0, 0.1) is 0 Å². The molecule has 0 bridgehead atoms. The highest BCUT2D eigenvalue weighted by atomic mass is 32.2. The van der Waals surface area contributed by atoms with E-state index in [0.29, 0.717) is 0 Å². The quantitative estimate of drug-likeness (QED) is 0.360. The first-order chi connectivity index (χ1) is 12.9. The van der Waals surface area contributed by atoms with Crippen LogP contribution in [-0.4, -0.2) is 0 Å². The van der Waals surface area contributed by atoms with E-state index in [1.807, 2.05) is 11.8 Å². The fourth-order valence-electron chi connectivity index (χ4n) is 3.32. The Hall–Kier alpha value is -2.97. The Morgan fingerprint density at radius 2 is 0.923 bits per heavy atom. The molecule has 26 heavy (non-hydrogen) atoms. The molecule has 0 amide bonds. The summed E-state index contributed by atoms with van der Waals surface area (Å²) >= 11 is 1.83. The van der Waals surface area contributed by atoms with Gasteiger partial charge in [0.05, 0.1) is 11.4 Å². The van der Waals surface area contributed by atoms with Crippen molar-refractivity contribution in [1.29, 1.82) is 0 Å². The Morgan fingerprint density at radius 3 is 1.38 bits per heavy atom. The number of fused-ring (bicyclic) bond motifs is 2. The van der Waals surface area contributed by atoms with Crippen LogP contribution in [-0.2, 0) is 0 Å². The molecule has 0 aromatic heterocycles. The van der Waals surface area contributed by atoms with Gasteiger partial charge in [-0.1, -0.05) is 84.6 Å². The van der Waals surface area contributed by atoms with Gasteiger partial charge in [-0.3, -0.25) is 0 Å². The van der Waals surface area contributed by atoms with Crippen molar-refractivity contribution in [3.8, 4) is 22.3 Å². The normalized spacial score (nSPS) is 12.0. The molecule has 0 aliphatic carbocycles. The van der Waals surface area contributed by atoms with Gasteiger partial charge in [0.2, 0.25) is 0 Å². The molecule has 2 heteroatoms. The summed E-state index contributed by atoms with van der Waals surface area (Å²) in [6.07, 6.45) is 0. The van der Waals surface area contributed by atoms with Crippen molar-refractivity contribution >= 4 is 23.1 Å². The summed E-state index contributed by atoms with van der Waals surface area (Å²) in [6, 6.07) is 34.4. The summed E-state index contributed by atoms with van der Waals surface area (Å²) in [4.78, 5) is 2.54. The van der Waals surface area contributed by atoms with Gasteiger partial charge < -0.3 is 5.32 Å². The molecule has 1 aliphatic rings. The van der Waals surface area contributed by atoms with Crippen LogP contribution in [0.15, 0.2) is 107 Å². The second kappa shape index (κ2) is 6.40. The summed E-state index contributed by atoms with van der Waals surface area (Å²) in [6.45, 7) is 0. The van der Waals surface area contributed by atoms with E-state index in [-0.39, 0.29) is 0 Å². The largest absolute Gasteiger partial charge is 0.354 e. The summed E-state index contributed by atoms with van der Waals surface area (Å²) in [5.41, 5.74) is 7.31. The molecule has 124 valence electrons. The number of nitrogens with one attached hydrogen (secondary N) is 1. The third kappa shape index (κ3) is 2.79. The van der Waals surface area contributed by atoms with E-state index in [1.165, 1.54) is 43.4 Å². The Bertz CT molecular complexity index is 985. The van der Waals surface area contributed by atoms with Gasteiger partial charge in [-0.25, -0.2) is 0 Å². The van der Waals surface area contributed by atoms with Gasteiger partial charge in [0.1, 0.15) is 0 Å². The van der Waals surface area contributed by atoms with Crippen molar-refractivity contribution in [2.75, 3.05) is 5.32 Å². The summed E-state index contributed by atoms with van der Waals surface area (Å²) in [5, 5.41) is 3.64. The van der Waals surface area contributed by atoms with Gasteiger partial charge in [0, 0.05) is 9.79 Å². The number of rotatable bonds is 2. The summed E-state index contributed by atoms with van der Waals surface area (Å²) < 4.78 is 0. The zero-order valence-electron chi connectivity index (χ0n) is 14.1. The van der Waals surface area contributed by atoms with Gasteiger partial charge in [-0.15, -0.1) is 0 Å². The highest BCUT2D eigenvalue weighted by Gasteiger charge is 2.17. The summed E-state index contributed by atoms with van der Waals surface area (Å²) in [7, 11) is 0. The molecule has 0 saturated heterocycles. The average molecular weight is 351 g/mol. The summed E-state index contributed by atoms with van der Waals surface area (Å²) in [5.74, 6) is 0. The van der Waals surface area contributed by atoms with Crippen LogP contribution in [0.5, 0.6) is 0 Å². The van der Waals surface area contributed by atoms with Crippen LogP contribution in [0.1, 0.15) is 0 Å². The zero-order valence-corrected chi connectivity index (χ0v) is 15.0. The number of hydrogen-bond acceptors (Lipinski definition) is 2. The van der Waals surface area contributed by atoms with Gasteiger partial charge in [0.15, 0.2) is 0 Å². The first kappa shape index (κ1) is 15.3. The van der Waals surface area contributed by atoms with Crippen molar-refractivity contribution in [3.05, 3.63) is 97.1 Å². The first-order valence-corrected chi connectivity index (χ1v) is 9.52. The van der Waals surface area contributed by atoms with Crippen molar-refractivity contribution in [3.63, 3.8) is 0 Å². The SMILES string of the molecule is c1ccc(-c2ccc3c(c2)Nc2cc(-c4ccccc4)ccc2S3)cc1. The molecule has 1 heterocycles. The standard InChI is InChI=1S/C24H17NS/c1-3-7-17(8-4-1)19-11-13-23-21(15-19)25-22-16-20(12-14-24(22)26-23)18-9-5-2-6-10-18/h1-16,25H. The van der Waals surface area contributed by atoms with Crippen molar-refractivity contribution < 1.29 is 0 Å². The van der Waals surface area contributed by atoms with Gasteiger partial charge in [0.25, 0.3) is 0 Å². The minimum absolute atomic E-state index is 1.18. The lowest BCUT2D eigenvalue weighted by Gasteiger charge is -2.22. The Kier molecular flexibility index (Phi) is 3.76. The maximum atomic E-state index is 3.64. The average Bonchev–Trinajstić information content (AvgIpc) is 2.73. The smallest absolute Gasteiger partial charge is 0.0532 e. The van der Waals surface area contributed by atoms with Crippen molar-refractivity contribution in [1.82, 2.24) is 0 Å². The molecule has 1 aliphatic heterocycles. The second-order valence-electron chi connectivity index (χ2n) is 6.38. The lowest BCUT2D eigenvalue weighted by molar-refractivity contribution is 1.31. The molecule has 0 spiro atoms. The van der Waals surface area contributed by atoms with Gasteiger partial charge in [-0.2, -0.15) is 0 Å². The third-order valence-electron chi connectivity index (χ3n) is 4.66. The molecule has 4 aromatic rings. The highest BCUT2D eigenvalue weighted by Crippen LogP contribution is 2.46. The fourth-order valence-corrected chi connectivity index (χ4v) is 4.27. The molecule has 0 fully saturated rings. The number of anilines is 2. The van der Waals surface area contributed by atoms with E-state index in [0.717, 1.165) is 0 Å². The Morgan fingerprint density at radius 1 is 0.462 bits per heavy atom. The molecular weight excluding hydrogens is 334 g/mol. The molecule has 0 atom stereocenters. The van der Waals surface area contributed by atoms with E-state index in [4.69, 9.17) is 0 Å². The van der Waals surface area contributed by atoms with Crippen LogP contribution in [0.3, 0.4) is 0 Å². The van der Waals surface area contributed by atoms with Crippen molar-refractivity contribution in [2.45, 2.75) is 9.79 Å². The molecule has 4 aromatic carbocycles. The molecule has 1 nitrogen and oxygen atoms in total. The predicted molar refractivity (Wildman–Crippen MR) is 111 cm³/mol. The lowest BCUT2D eigenvalue weighted by atomic mass is 10.0. The molecule has 0 unspecified atom stereocenters. The van der Waals surface area contributed by atoms with E-state index < -0.39 is 0 Å². The van der Waals surface area contributed by atoms with Crippen LogP contribution >= 0.6 is 11.8 Å². The molecule has 5 rings (SSSR count). The van der Waals surface area contributed by atoms with E-state index in [9.17, 15) is 0 Å². The number of benzene rings is 4. The van der Waals surface area contributed by atoms with Crippen molar-refractivity contribution in [2.24, 2.45) is 0 Å². The van der Waals surface area contributed by atoms with Crippen LogP contribution in [0.2, 0.25) is 0 Å². The minimum Gasteiger partial charge on any atom is -0.354 e. The van der Waals surface area contributed by atoms with E-state index >= 15 is 0 Å². The first-order valence-electron chi connectivity index (χ1n) is 8.71. The fraction of sp³-hybridized carbons (Fsp3) is 0. The predicted octanol–water partition coefficient (Wildman–Crippen LogP) is 7.23. The van der Waals surface area contributed by atoms with Gasteiger partial charge >= 0.3 is 0 Å². The topological polar surface area (TPSA) is 12.0 Å². The highest BCUT2D eigenvalue weighted by molar-refractivity contribution is 7.99. The maximum Gasteiger partial charge on any atom is 0.0532 e. The maximum absolute atomic E-state index is 3.64. The second-order valence-corrected chi connectivity index (χ2v) is 7.46. The van der Waals surface area contributed by atoms with E-state index in [1.54, 1.807) is 0 Å².